The molecule has 0 aromatic rings. The third-order valence-electron chi connectivity index (χ3n) is 2.51. The molecule has 1 fully saturated rings. The molecule has 1 aliphatic rings. The van der Waals surface area contributed by atoms with Crippen LogP contribution in [0.3, 0.4) is 0 Å². The van der Waals surface area contributed by atoms with Crippen molar-refractivity contribution in [1.29, 1.82) is 0 Å². The van der Waals surface area contributed by atoms with E-state index in [1.165, 1.54) is 0 Å². The van der Waals surface area contributed by atoms with Gasteiger partial charge in [0.2, 0.25) is 0 Å². The van der Waals surface area contributed by atoms with Gasteiger partial charge >= 0.3 is 0 Å². The summed E-state index contributed by atoms with van der Waals surface area (Å²) in [6.45, 7) is 4.27. The third kappa shape index (κ3) is 4.29. The van der Waals surface area contributed by atoms with Crippen LogP contribution in [0.5, 0.6) is 0 Å². The molecule has 3 nitrogen and oxygen atoms in total. The van der Waals surface area contributed by atoms with Crippen LogP contribution in [0.25, 0.3) is 0 Å². The highest BCUT2D eigenvalue weighted by Gasteiger charge is 2.31. The number of rotatable bonds is 3. The molecule has 1 rings (SSSR count). The molecule has 1 saturated heterocycles. The van der Waals surface area contributed by atoms with E-state index in [0.29, 0.717) is 23.6 Å². The van der Waals surface area contributed by atoms with E-state index in [4.69, 9.17) is 0 Å². The lowest BCUT2D eigenvalue weighted by Crippen LogP contribution is -3.00. The van der Waals surface area contributed by atoms with Gasteiger partial charge in [0, 0.05) is 6.42 Å². The van der Waals surface area contributed by atoms with Crippen molar-refractivity contribution in [2.24, 2.45) is 0 Å². The predicted octanol–water partition coefficient (Wildman–Crippen LogP) is -3.46. The summed E-state index contributed by atoms with van der Waals surface area (Å²) in [7, 11) is -2.68. The smallest absolute Gasteiger partial charge is 0.156 e. The topological polar surface area (TPSA) is 50.8 Å². The quantitative estimate of drug-likeness (QED) is 0.545. The fourth-order valence-corrected chi connectivity index (χ4v) is 3.33. The van der Waals surface area contributed by atoms with Crippen molar-refractivity contribution in [3.63, 3.8) is 0 Å². The maximum atomic E-state index is 11.1. The lowest BCUT2D eigenvalue weighted by molar-refractivity contribution is -0.714. The summed E-state index contributed by atoms with van der Waals surface area (Å²) in [6.07, 6.45) is 1.95. The molecule has 0 amide bonds. The first-order chi connectivity index (χ1) is 5.53. The highest BCUT2D eigenvalue weighted by atomic mass is 35.5. The number of quaternary nitrogens is 1. The zero-order chi connectivity index (χ0) is 9.19. The molecule has 0 aromatic carbocycles. The van der Waals surface area contributed by atoms with Crippen LogP contribution in [0.15, 0.2) is 0 Å². The van der Waals surface area contributed by atoms with Crippen molar-refractivity contribution in [1.82, 2.24) is 0 Å². The number of halogens is 1. The van der Waals surface area contributed by atoms with E-state index in [9.17, 15) is 8.42 Å². The molecule has 2 atom stereocenters. The van der Waals surface area contributed by atoms with Crippen molar-refractivity contribution in [3.05, 3.63) is 0 Å². The van der Waals surface area contributed by atoms with Crippen LogP contribution in [0.2, 0.25) is 0 Å². The normalized spacial score (nSPS) is 28.0. The van der Waals surface area contributed by atoms with Gasteiger partial charge in [0.25, 0.3) is 0 Å². The molecule has 13 heavy (non-hydrogen) atoms. The van der Waals surface area contributed by atoms with Gasteiger partial charge in [-0.25, -0.2) is 8.42 Å². The molecule has 0 bridgehead atoms. The van der Waals surface area contributed by atoms with E-state index in [0.717, 1.165) is 12.8 Å². The van der Waals surface area contributed by atoms with Gasteiger partial charge in [0.1, 0.15) is 11.8 Å². The van der Waals surface area contributed by atoms with Gasteiger partial charge in [0.05, 0.1) is 11.8 Å². The van der Waals surface area contributed by atoms with Crippen molar-refractivity contribution in [3.8, 4) is 0 Å². The summed E-state index contributed by atoms with van der Waals surface area (Å²) in [6, 6.07) is 0.883. The highest BCUT2D eigenvalue weighted by molar-refractivity contribution is 7.91. The lowest BCUT2D eigenvalue weighted by Gasteiger charge is -2.12. The van der Waals surface area contributed by atoms with E-state index in [2.05, 4.69) is 19.2 Å². The average Bonchev–Trinajstić information content (AvgIpc) is 2.30. The molecule has 0 aliphatic carbocycles. The molecular weight excluding hydrogens is 210 g/mol. The van der Waals surface area contributed by atoms with Gasteiger partial charge in [0.15, 0.2) is 9.84 Å². The fraction of sp³-hybridized carbons (Fsp3) is 1.00. The zero-order valence-corrected chi connectivity index (χ0v) is 9.74. The summed E-state index contributed by atoms with van der Waals surface area (Å²) in [4.78, 5) is 0. The Balaban J connectivity index is 0.00000144. The minimum atomic E-state index is -2.68. The standard InChI is InChI=1S/C8H17NO2S.ClH/c1-3-7(2)9-8-4-5-12(10,11)6-8;/h7-9H,3-6H2,1-2H3;1H. The van der Waals surface area contributed by atoms with Gasteiger partial charge in [-0.1, -0.05) is 6.92 Å². The first kappa shape index (κ1) is 13.2. The summed E-state index contributed by atoms with van der Waals surface area (Å²) in [5.74, 6) is 0.780. The second-order valence-electron chi connectivity index (χ2n) is 3.74. The Kier molecular flexibility index (Phi) is 5.25. The molecule has 0 radical (unpaired) electrons. The largest absolute Gasteiger partial charge is 1.00 e. The summed E-state index contributed by atoms with van der Waals surface area (Å²) in [5, 5.41) is 2.20. The first-order valence-electron chi connectivity index (χ1n) is 4.59. The van der Waals surface area contributed by atoms with E-state index < -0.39 is 9.84 Å². The molecule has 1 aliphatic heterocycles. The Morgan fingerprint density at radius 2 is 2.15 bits per heavy atom. The molecule has 5 heteroatoms. The van der Waals surface area contributed by atoms with Crippen molar-refractivity contribution >= 4 is 9.84 Å². The van der Waals surface area contributed by atoms with Gasteiger partial charge < -0.3 is 17.7 Å². The molecule has 0 spiro atoms. The van der Waals surface area contributed by atoms with Crippen LogP contribution >= 0.6 is 0 Å². The molecule has 2 unspecified atom stereocenters. The Hall–Kier alpha value is 0.200. The van der Waals surface area contributed by atoms with Gasteiger partial charge in [-0.3, -0.25) is 0 Å². The minimum absolute atomic E-state index is 0. The third-order valence-corrected chi connectivity index (χ3v) is 4.31. The Morgan fingerprint density at radius 3 is 2.54 bits per heavy atom. The number of hydrogen-bond acceptors (Lipinski definition) is 2. The monoisotopic (exact) mass is 227 g/mol. The molecule has 0 saturated carbocycles. The first-order valence-corrected chi connectivity index (χ1v) is 6.41. The van der Waals surface area contributed by atoms with Crippen molar-refractivity contribution < 1.29 is 26.1 Å². The Morgan fingerprint density at radius 1 is 1.54 bits per heavy atom. The minimum Gasteiger partial charge on any atom is -1.00 e. The van der Waals surface area contributed by atoms with Gasteiger partial charge in [-0.05, 0) is 13.3 Å². The second-order valence-corrected chi connectivity index (χ2v) is 5.97. The molecule has 0 aromatic heterocycles. The number of sulfone groups is 1. The molecule has 80 valence electrons. The lowest BCUT2D eigenvalue weighted by atomic mass is 10.2. The number of hydrogen-bond donors (Lipinski definition) is 1. The maximum absolute atomic E-state index is 11.1. The van der Waals surface area contributed by atoms with E-state index in [-0.39, 0.29) is 12.4 Å². The fourth-order valence-electron chi connectivity index (χ4n) is 1.58. The van der Waals surface area contributed by atoms with Crippen LogP contribution in [0.1, 0.15) is 26.7 Å². The average molecular weight is 228 g/mol. The maximum Gasteiger partial charge on any atom is 0.156 e. The second kappa shape index (κ2) is 5.17. The van der Waals surface area contributed by atoms with Crippen molar-refractivity contribution in [2.45, 2.75) is 38.8 Å². The molecule has 2 N–H and O–H groups in total. The van der Waals surface area contributed by atoms with Crippen LogP contribution in [-0.2, 0) is 9.84 Å². The van der Waals surface area contributed by atoms with E-state index >= 15 is 0 Å². The van der Waals surface area contributed by atoms with Crippen LogP contribution in [0.4, 0.5) is 0 Å². The molecule has 1 heterocycles. The van der Waals surface area contributed by atoms with Crippen LogP contribution in [0, 0.1) is 0 Å². The van der Waals surface area contributed by atoms with Crippen molar-refractivity contribution in [2.75, 3.05) is 11.5 Å². The highest BCUT2D eigenvalue weighted by Crippen LogP contribution is 2.08. The Bertz CT molecular complexity index is 241. The van der Waals surface area contributed by atoms with E-state index in [1.54, 1.807) is 0 Å². The number of nitrogens with two attached hydrogens (primary N) is 1. The van der Waals surface area contributed by atoms with E-state index in [1.807, 2.05) is 0 Å². The summed E-state index contributed by atoms with van der Waals surface area (Å²) < 4.78 is 22.2. The van der Waals surface area contributed by atoms with Gasteiger partial charge in [-0.15, -0.1) is 0 Å². The van der Waals surface area contributed by atoms with Gasteiger partial charge in [-0.2, -0.15) is 0 Å². The zero-order valence-electron chi connectivity index (χ0n) is 8.16. The van der Waals surface area contributed by atoms with Crippen LogP contribution < -0.4 is 17.7 Å². The Labute approximate surface area is 86.6 Å². The molecular formula is C8H18ClNO2S. The summed E-state index contributed by atoms with van der Waals surface area (Å²) in [5.41, 5.74) is 0. The summed E-state index contributed by atoms with van der Waals surface area (Å²) >= 11 is 0. The predicted molar refractivity (Wildman–Crippen MR) is 48.7 cm³/mol. The van der Waals surface area contributed by atoms with Crippen LogP contribution in [-0.4, -0.2) is 32.0 Å². The SMILES string of the molecule is CCC(C)[NH2+]C1CCS(=O)(=O)C1.[Cl-].